The van der Waals surface area contributed by atoms with Gasteiger partial charge in [-0.25, -0.2) is 24.1 Å². The minimum Gasteiger partial charge on any atom is -0.382 e. The van der Waals surface area contributed by atoms with Crippen molar-refractivity contribution in [3.05, 3.63) is 70.3 Å². The molecule has 0 aliphatic heterocycles. The first kappa shape index (κ1) is 28.8. The Morgan fingerprint density at radius 2 is 1.75 bits per heavy atom. The fourth-order valence-corrected chi connectivity index (χ4v) is 3.58. The van der Waals surface area contributed by atoms with Crippen molar-refractivity contribution >= 4 is 23.2 Å². The van der Waals surface area contributed by atoms with Crippen molar-refractivity contribution in [3.8, 4) is 17.2 Å². The normalized spacial score (nSPS) is 12.9. The van der Waals surface area contributed by atoms with Crippen LogP contribution in [0.25, 0.3) is 17.2 Å². The van der Waals surface area contributed by atoms with Gasteiger partial charge in [0, 0.05) is 16.8 Å². The van der Waals surface area contributed by atoms with Gasteiger partial charge >= 0.3 is 18.0 Å². The maximum Gasteiger partial charge on any atom is 0.416 e. The molecule has 1 unspecified atom stereocenters. The van der Waals surface area contributed by atoms with E-state index in [2.05, 4.69) is 25.5 Å². The Kier molecular flexibility index (Phi) is 7.97. The first-order valence-corrected chi connectivity index (χ1v) is 11.5. The smallest absolute Gasteiger partial charge is 0.382 e. The van der Waals surface area contributed by atoms with E-state index in [1.165, 1.54) is 42.6 Å². The summed E-state index contributed by atoms with van der Waals surface area (Å²) < 4.78 is 79.2. The van der Waals surface area contributed by atoms with Gasteiger partial charge in [0.1, 0.15) is 19.3 Å². The maximum atomic E-state index is 13.0. The molecule has 0 aliphatic rings. The molecule has 4 rings (SSSR count). The molecule has 0 aliphatic carbocycles. The number of hydrogen-bond donors (Lipinski definition) is 2. The quantitative estimate of drug-likeness (QED) is 0.301. The van der Waals surface area contributed by atoms with Crippen LogP contribution < -0.4 is 11.0 Å². The largest absolute Gasteiger partial charge is 0.416 e. The second kappa shape index (κ2) is 11.1. The summed E-state index contributed by atoms with van der Waals surface area (Å²) in [6.07, 6.45) is -11.9. The number of pyridine rings is 1. The van der Waals surface area contributed by atoms with Crippen LogP contribution in [-0.4, -0.2) is 63.6 Å². The van der Waals surface area contributed by atoms with E-state index in [1.54, 1.807) is 0 Å². The van der Waals surface area contributed by atoms with Crippen molar-refractivity contribution in [2.75, 3.05) is 5.32 Å². The van der Waals surface area contributed by atoms with E-state index in [1.807, 2.05) is 0 Å². The number of hydrogen-bond acceptors (Lipinski definition) is 7. The molecular formula is C22H17ClF6N8O3. The summed E-state index contributed by atoms with van der Waals surface area (Å²) >= 11 is 5.87. The Morgan fingerprint density at radius 1 is 1.05 bits per heavy atom. The molecule has 0 saturated heterocycles. The van der Waals surface area contributed by atoms with E-state index in [4.69, 9.17) is 11.6 Å². The van der Waals surface area contributed by atoms with Crippen LogP contribution in [0.15, 0.2) is 53.7 Å². The number of benzene rings is 1. The molecule has 0 radical (unpaired) electrons. The highest BCUT2D eigenvalue weighted by atomic mass is 35.5. The van der Waals surface area contributed by atoms with Crippen LogP contribution in [0.3, 0.4) is 0 Å². The van der Waals surface area contributed by atoms with Crippen molar-refractivity contribution in [3.63, 3.8) is 0 Å². The van der Waals surface area contributed by atoms with E-state index in [0.717, 1.165) is 15.7 Å². The highest BCUT2D eigenvalue weighted by Gasteiger charge is 2.39. The number of carbonyl (C=O) groups is 1. The van der Waals surface area contributed by atoms with Gasteiger partial charge in [0.25, 0.3) is 0 Å². The number of alkyl halides is 6. The number of rotatable bonds is 8. The van der Waals surface area contributed by atoms with Crippen LogP contribution in [0.4, 0.5) is 32.0 Å². The molecule has 3 aromatic heterocycles. The minimum absolute atomic E-state index is 0.0796. The summed E-state index contributed by atoms with van der Waals surface area (Å²) in [4.78, 5) is 32.7. The average molecular weight is 591 g/mol. The molecule has 0 fully saturated rings. The van der Waals surface area contributed by atoms with Crippen LogP contribution in [0.5, 0.6) is 0 Å². The molecule has 1 atom stereocenters. The SMILES string of the molecule is O=C(CC(F)(F)F)Nc1cccnc1-n1cnc(Cn2nc(-c3ccc(Cl)cc3)n(CC(O)C(F)(F)F)c2=O)n1. The zero-order chi connectivity index (χ0) is 29.2. The summed E-state index contributed by atoms with van der Waals surface area (Å²) in [6.45, 7) is -1.58. The molecule has 18 heteroatoms. The number of aliphatic hydroxyl groups is 1. The second-order valence-corrected chi connectivity index (χ2v) is 8.70. The van der Waals surface area contributed by atoms with Gasteiger partial charge in [-0.2, -0.15) is 26.3 Å². The number of aromatic nitrogens is 7. The number of halogens is 7. The highest BCUT2D eigenvalue weighted by Crippen LogP contribution is 2.25. The third kappa shape index (κ3) is 6.84. The summed E-state index contributed by atoms with van der Waals surface area (Å²) in [7, 11) is 0. The Hall–Kier alpha value is -4.25. The molecular weight excluding hydrogens is 574 g/mol. The van der Waals surface area contributed by atoms with Crippen molar-refractivity contribution in [1.82, 2.24) is 34.1 Å². The third-order valence-corrected chi connectivity index (χ3v) is 5.48. The van der Waals surface area contributed by atoms with Crippen molar-refractivity contribution in [2.45, 2.75) is 38.0 Å². The summed E-state index contributed by atoms with van der Waals surface area (Å²) in [5.41, 5.74) is -0.885. The van der Waals surface area contributed by atoms with Gasteiger partial charge in [0.2, 0.25) is 5.91 Å². The topological polar surface area (TPSA) is 133 Å². The van der Waals surface area contributed by atoms with E-state index < -0.39 is 49.6 Å². The molecule has 3 heterocycles. The Bertz CT molecular complexity index is 1560. The molecule has 2 N–H and O–H groups in total. The molecule has 1 aromatic carbocycles. The van der Waals surface area contributed by atoms with Crippen molar-refractivity contribution < 1.29 is 36.2 Å². The Morgan fingerprint density at radius 3 is 2.40 bits per heavy atom. The van der Waals surface area contributed by atoms with Gasteiger partial charge in [-0.3, -0.25) is 9.36 Å². The maximum absolute atomic E-state index is 13.0. The first-order chi connectivity index (χ1) is 18.7. The number of anilines is 1. The van der Waals surface area contributed by atoms with Crippen LogP contribution in [0, 0.1) is 0 Å². The van der Waals surface area contributed by atoms with Gasteiger partial charge in [-0.15, -0.1) is 10.2 Å². The van der Waals surface area contributed by atoms with Gasteiger partial charge in [-0.05, 0) is 36.4 Å². The molecule has 0 bridgehead atoms. The minimum atomic E-state index is -5.00. The number of amides is 1. The predicted octanol–water partition coefficient (Wildman–Crippen LogP) is 3.20. The van der Waals surface area contributed by atoms with Gasteiger partial charge in [0.05, 0.1) is 12.2 Å². The summed E-state index contributed by atoms with van der Waals surface area (Å²) in [5, 5.41) is 20.2. The van der Waals surface area contributed by atoms with Gasteiger partial charge in [0.15, 0.2) is 23.6 Å². The molecule has 0 saturated carbocycles. The van der Waals surface area contributed by atoms with Crippen LogP contribution >= 0.6 is 11.6 Å². The summed E-state index contributed by atoms with van der Waals surface area (Å²) in [5.74, 6) is -1.70. The molecule has 0 spiro atoms. The van der Waals surface area contributed by atoms with Crippen molar-refractivity contribution in [2.24, 2.45) is 0 Å². The molecule has 212 valence electrons. The predicted molar refractivity (Wildman–Crippen MR) is 127 cm³/mol. The Labute approximate surface area is 224 Å². The van der Waals surface area contributed by atoms with Gasteiger partial charge < -0.3 is 10.4 Å². The van der Waals surface area contributed by atoms with E-state index in [0.29, 0.717) is 9.59 Å². The van der Waals surface area contributed by atoms with Gasteiger partial charge in [-0.1, -0.05) is 11.6 Å². The number of nitrogens with zero attached hydrogens (tertiary/aromatic N) is 7. The Balaban J connectivity index is 1.64. The van der Waals surface area contributed by atoms with Crippen molar-refractivity contribution in [1.29, 1.82) is 0 Å². The number of aliphatic hydroxyl groups excluding tert-OH is 1. The van der Waals surface area contributed by atoms with E-state index in [-0.39, 0.29) is 28.7 Å². The second-order valence-electron chi connectivity index (χ2n) is 8.26. The standard InChI is InChI=1S/C22H17ClF6N8O3/c23-13-5-3-12(4-6-13)18-34-36(20(40)35(18)9-15(38)22(27,28)29)10-16-31-11-37(33-16)19-14(2-1-7-30-19)32-17(39)8-21(24,25)26/h1-7,11,15,38H,8-10H2,(H,32,39). The number of carbonyl (C=O) groups excluding carboxylic acids is 1. The molecule has 4 aromatic rings. The zero-order valence-corrected chi connectivity index (χ0v) is 20.6. The lowest BCUT2D eigenvalue weighted by Crippen LogP contribution is -2.37. The van der Waals surface area contributed by atoms with E-state index >= 15 is 0 Å². The van der Waals surface area contributed by atoms with E-state index in [9.17, 15) is 41.0 Å². The summed E-state index contributed by atoms with van der Waals surface area (Å²) in [6, 6.07) is 8.37. The van der Waals surface area contributed by atoms with Crippen LogP contribution in [-0.2, 0) is 17.9 Å². The molecule has 1 amide bonds. The lowest BCUT2D eigenvalue weighted by atomic mass is 10.2. The first-order valence-electron chi connectivity index (χ1n) is 11.1. The fourth-order valence-electron chi connectivity index (χ4n) is 3.46. The molecule has 11 nitrogen and oxygen atoms in total. The lowest BCUT2D eigenvalue weighted by Gasteiger charge is -2.15. The highest BCUT2D eigenvalue weighted by molar-refractivity contribution is 6.30. The zero-order valence-electron chi connectivity index (χ0n) is 19.9. The van der Waals surface area contributed by atoms with Crippen LogP contribution in [0.2, 0.25) is 5.02 Å². The van der Waals surface area contributed by atoms with Crippen LogP contribution in [0.1, 0.15) is 12.2 Å². The lowest BCUT2D eigenvalue weighted by molar-refractivity contribution is -0.207. The number of nitrogens with one attached hydrogen (secondary N) is 1. The monoisotopic (exact) mass is 590 g/mol. The average Bonchev–Trinajstić information content (AvgIpc) is 3.43. The molecule has 40 heavy (non-hydrogen) atoms. The fraction of sp³-hybridized carbons (Fsp3) is 0.273. The third-order valence-electron chi connectivity index (χ3n) is 5.23.